The summed E-state index contributed by atoms with van der Waals surface area (Å²) in [6, 6.07) is 5.53. The Labute approximate surface area is 144 Å². The lowest BCUT2D eigenvalue weighted by Crippen LogP contribution is -2.31. The first-order valence-electron chi connectivity index (χ1n) is 7.90. The van der Waals surface area contributed by atoms with Gasteiger partial charge in [-0.25, -0.2) is 9.37 Å². The molecular weight excluding hydrogens is 327 g/mol. The van der Waals surface area contributed by atoms with E-state index in [1.54, 1.807) is 6.07 Å². The first-order valence-corrected chi connectivity index (χ1v) is 7.90. The normalized spacial score (nSPS) is 13.2. The van der Waals surface area contributed by atoms with E-state index in [0.717, 1.165) is 0 Å². The second kappa shape index (κ2) is 7.02. The summed E-state index contributed by atoms with van der Waals surface area (Å²) in [4.78, 5) is 32.0. The zero-order chi connectivity index (χ0) is 18.0. The van der Waals surface area contributed by atoms with Gasteiger partial charge in [-0.2, -0.15) is 0 Å². The van der Waals surface area contributed by atoms with Gasteiger partial charge in [0.05, 0.1) is 13.1 Å². The van der Waals surface area contributed by atoms with Crippen LogP contribution >= 0.6 is 0 Å². The smallest absolute Gasteiger partial charge is 0.307 e. The molecule has 0 unspecified atom stereocenters. The summed E-state index contributed by atoms with van der Waals surface area (Å²) in [5.41, 5.74) is 0.828. The number of rotatable bonds is 5. The van der Waals surface area contributed by atoms with Gasteiger partial charge in [-0.15, -0.1) is 0 Å². The highest BCUT2D eigenvalue weighted by molar-refractivity contribution is 5.94. The Hall–Kier alpha value is -2.74. The van der Waals surface area contributed by atoms with E-state index in [9.17, 15) is 14.0 Å². The van der Waals surface area contributed by atoms with Crippen molar-refractivity contribution >= 4 is 11.8 Å². The summed E-state index contributed by atoms with van der Waals surface area (Å²) in [6.07, 6.45) is 0. The van der Waals surface area contributed by atoms with E-state index >= 15 is 0 Å². The molecule has 0 fully saturated rings. The molecule has 1 N–H and O–H groups in total. The van der Waals surface area contributed by atoms with E-state index in [-0.39, 0.29) is 36.4 Å². The van der Waals surface area contributed by atoms with Crippen LogP contribution in [0.15, 0.2) is 28.7 Å². The number of hydrogen-bond acceptors (Lipinski definition) is 5. The first kappa shape index (κ1) is 17.1. The van der Waals surface area contributed by atoms with Gasteiger partial charge in [-0.3, -0.25) is 9.59 Å². The van der Waals surface area contributed by atoms with Crippen LogP contribution in [0.2, 0.25) is 0 Å². The van der Waals surface area contributed by atoms with Crippen molar-refractivity contribution in [2.24, 2.45) is 0 Å². The average Bonchev–Trinajstić information content (AvgIpc) is 3.12. The predicted molar refractivity (Wildman–Crippen MR) is 87.4 cm³/mol. The SMILES string of the molecule is CN(C)CCNC(=O)c1nc2c(o1)CN(C(=O)c1cccc(F)c1)C2. The molecule has 1 aromatic heterocycles. The van der Waals surface area contributed by atoms with Crippen molar-refractivity contribution in [1.82, 2.24) is 20.1 Å². The number of carbonyl (C=O) groups is 2. The first-order chi connectivity index (χ1) is 11.9. The predicted octanol–water partition coefficient (Wildman–Crippen LogP) is 1.26. The van der Waals surface area contributed by atoms with Crippen molar-refractivity contribution in [3.8, 4) is 0 Å². The zero-order valence-corrected chi connectivity index (χ0v) is 14.1. The van der Waals surface area contributed by atoms with Crippen LogP contribution in [-0.4, -0.2) is 53.8 Å². The Kier molecular flexibility index (Phi) is 4.80. The molecular formula is C17H19FN4O3. The van der Waals surface area contributed by atoms with Gasteiger partial charge in [0.1, 0.15) is 17.3 Å². The molecule has 2 heterocycles. The summed E-state index contributed by atoms with van der Waals surface area (Å²) >= 11 is 0. The number of likely N-dealkylation sites (N-methyl/N-ethyl adjacent to an activating group) is 1. The molecule has 0 atom stereocenters. The standard InChI is InChI=1S/C17H19FN4O3/c1-21(2)7-6-19-15(23)16-20-13-9-22(10-14(13)25-16)17(24)11-4-3-5-12(18)8-11/h3-5,8H,6-7,9-10H2,1-2H3,(H,19,23). The number of nitrogens with one attached hydrogen (secondary N) is 1. The maximum Gasteiger partial charge on any atom is 0.307 e. The monoisotopic (exact) mass is 346 g/mol. The molecule has 0 saturated carbocycles. The number of carbonyl (C=O) groups excluding carboxylic acids is 2. The molecule has 2 amide bonds. The van der Waals surface area contributed by atoms with Crippen LogP contribution < -0.4 is 5.32 Å². The Morgan fingerprint density at radius 2 is 2.16 bits per heavy atom. The van der Waals surface area contributed by atoms with Crippen LogP contribution in [0.3, 0.4) is 0 Å². The third-order valence-electron chi connectivity index (χ3n) is 3.85. The molecule has 7 nitrogen and oxygen atoms in total. The van der Waals surface area contributed by atoms with Crippen LogP contribution in [0, 0.1) is 5.82 Å². The van der Waals surface area contributed by atoms with Gasteiger partial charge < -0.3 is 19.5 Å². The van der Waals surface area contributed by atoms with Gasteiger partial charge in [0, 0.05) is 18.7 Å². The number of fused-ring (bicyclic) bond motifs is 1. The second-order valence-corrected chi connectivity index (χ2v) is 6.12. The molecule has 1 aliphatic rings. The van der Waals surface area contributed by atoms with Crippen molar-refractivity contribution in [2.75, 3.05) is 27.2 Å². The van der Waals surface area contributed by atoms with Gasteiger partial charge in [0.15, 0.2) is 0 Å². The third kappa shape index (κ3) is 3.85. The summed E-state index contributed by atoms with van der Waals surface area (Å²) in [7, 11) is 3.83. The van der Waals surface area contributed by atoms with Crippen LogP contribution in [0.5, 0.6) is 0 Å². The topological polar surface area (TPSA) is 78.7 Å². The van der Waals surface area contributed by atoms with E-state index in [1.807, 2.05) is 19.0 Å². The number of halogens is 1. The molecule has 0 saturated heterocycles. The molecule has 132 valence electrons. The van der Waals surface area contributed by atoms with Gasteiger partial charge in [-0.1, -0.05) is 6.07 Å². The fourth-order valence-corrected chi connectivity index (χ4v) is 2.55. The van der Waals surface area contributed by atoms with Crippen LogP contribution in [0.4, 0.5) is 4.39 Å². The fraction of sp³-hybridized carbons (Fsp3) is 0.353. The summed E-state index contributed by atoms with van der Waals surface area (Å²) in [6.45, 7) is 1.65. The number of amides is 2. The number of aromatic nitrogens is 1. The lowest BCUT2D eigenvalue weighted by atomic mass is 10.2. The van der Waals surface area contributed by atoms with E-state index in [2.05, 4.69) is 10.3 Å². The summed E-state index contributed by atoms with van der Waals surface area (Å²) in [5, 5.41) is 2.73. The summed E-state index contributed by atoms with van der Waals surface area (Å²) < 4.78 is 18.7. The molecule has 8 heteroatoms. The number of nitrogens with zero attached hydrogens (tertiary/aromatic N) is 3. The highest BCUT2D eigenvalue weighted by Crippen LogP contribution is 2.25. The van der Waals surface area contributed by atoms with E-state index < -0.39 is 5.82 Å². The largest absolute Gasteiger partial charge is 0.435 e. The van der Waals surface area contributed by atoms with Crippen molar-refractivity contribution in [2.45, 2.75) is 13.1 Å². The highest BCUT2D eigenvalue weighted by atomic mass is 19.1. The molecule has 1 aromatic carbocycles. The molecule has 25 heavy (non-hydrogen) atoms. The minimum absolute atomic E-state index is 0.00149. The molecule has 3 rings (SSSR count). The van der Waals surface area contributed by atoms with E-state index in [4.69, 9.17) is 4.42 Å². The quantitative estimate of drug-likeness (QED) is 0.882. The van der Waals surface area contributed by atoms with Crippen molar-refractivity contribution in [3.63, 3.8) is 0 Å². The van der Waals surface area contributed by atoms with Crippen molar-refractivity contribution in [1.29, 1.82) is 0 Å². The van der Waals surface area contributed by atoms with Gasteiger partial charge >= 0.3 is 5.91 Å². The average molecular weight is 346 g/mol. The Morgan fingerprint density at radius 1 is 1.36 bits per heavy atom. The van der Waals surface area contributed by atoms with Gasteiger partial charge in [0.2, 0.25) is 0 Å². The lowest BCUT2D eigenvalue weighted by molar-refractivity contribution is 0.0740. The fourth-order valence-electron chi connectivity index (χ4n) is 2.55. The number of hydrogen-bond donors (Lipinski definition) is 1. The maximum atomic E-state index is 13.3. The highest BCUT2D eigenvalue weighted by Gasteiger charge is 2.30. The van der Waals surface area contributed by atoms with Crippen LogP contribution in [0.25, 0.3) is 0 Å². The summed E-state index contributed by atoms with van der Waals surface area (Å²) in [5.74, 6) is -0.649. The molecule has 0 spiro atoms. The zero-order valence-electron chi connectivity index (χ0n) is 14.1. The second-order valence-electron chi connectivity index (χ2n) is 6.12. The number of oxazole rings is 1. The lowest BCUT2D eigenvalue weighted by Gasteiger charge is -2.15. The van der Waals surface area contributed by atoms with Crippen LogP contribution in [0.1, 0.15) is 32.5 Å². The maximum absolute atomic E-state index is 13.3. The molecule has 0 aliphatic carbocycles. The minimum Gasteiger partial charge on any atom is -0.435 e. The number of benzene rings is 1. The van der Waals surface area contributed by atoms with Crippen molar-refractivity contribution < 1.29 is 18.4 Å². The van der Waals surface area contributed by atoms with Crippen LogP contribution in [-0.2, 0) is 13.1 Å². The Bertz CT molecular complexity index is 779. The third-order valence-corrected chi connectivity index (χ3v) is 3.85. The molecule has 0 radical (unpaired) electrons. The Balaban J connectivity index is 1.62. The van der Waals surface area contributed by atoms with Gasteiger partial charge in [-0.05, 0) is 32.3 Å². The van der Waals surface area contributed by atoms with E-state index in [1.165, 1.54) is 23.1 Å². The Morgan fingerprint density at radius 3 is 2.84 bits per heavy atom. The molecule has 2 aromatic rings. The van der Waals surface area contributed by atoms with E-state index in [0.29, 0.717) is 24.5 Å². The molecule has 0 bridgehead atoms. The van der Waals surface area contributed by atoms with Gasteiger partial charge in [0.25, 0.3) is 11.8 Å². The van der Waals surface area contributed by atoms with Crippen molar-refractivity contribution in [3.05, 3.63) is 53.0 Å². The minimum atomic E-state index is -0.462. The molecule has 1 aliphatic heterocycles.